The molecule has 1 heterocycles. The first-order chi connectivity index (χ1) is 9.63. The monoisotopic (exact) mass is 412 g/mol. The maximum atomic E-state index is 5.13. The van der Waals surface area contributed by atoms with Gasteiger partial charge in [-0.15, -0.1) is 0 Å². The lowest BCUT2D eigenvalue weighted by molar-refractivity contribution is 1.05. The highest BCUT2D eigenvalue weighted by molar-refractivity contribution is 9.10. The molecule has 1 aromatic heterocycles. The molecule has 2 aromatic rings. The van der Waals surface area contributed by atoms with E-state index < -0.39 is 0 Å². The molecule has 0 aliphatic rings. The van der Waals surface area contributed by atoms with Crippen molar-refractivity contribution in [3.05, 3.63) is 57.2 Å². The lowest BCUT2D eigenvalue weighted by Gasteiger charge is -2.06. The summed E-state index contributed by atoms with van der Waals surface area (Å²) in [6, 6.07) is 11.4. The number of pyridine rings is 1. The fourth-order valence-corrected chi connectivity index (χ4v) is 1.98. The maximum absolute atomic E-state index is 5.13. The topological polar surface area (TPSA) is 49.3 Å². The molecular weight excluding hydrogens is 404 g/mol. The van der Waals surface area contributed by atoms with Gasteiger partial charge in [0.1, 0.15) is 0 Å². The van der Waals surface area contributed by atoms with Gasteiger partial charge in [-0.1, -0.05) is 15.9 Å². The van der Waals surface area contributed by atoms with E-state index in [1.165, 1.54) is 0 Å². The second-order valence-electron chi connectivity index (χ2n) is 3.73. The Balaban J connectivity index is 1.85. The fraction of sp³-hybridized carbons (Fsp3) is 0. The molecule has 1 aromatic carbocycles. The van der Waals surface area contributed by atoms with Crippen LogP contribution in [0.2, 0.25) is 0 Å². The number of thiocarbonyl (C=S) groups is 1. The molecule has 20 heavy (non-hydrogen) atoms. The van der Waals surface area contributed by atoms with E-state index in [9.17, 15) is 0 Å². The van der Waals surface area contributed by atoms with Gasteiger partial charge in [0.25, 0.3) is 0 Å². The Labute approximate surface area is 138 Å². The van der Waals surface area contributed by atoms with Crippen LogP contribution in [0.25, 0.3) is 0 Å². The average Bonchev–Trinajstić information content (AvgIpc) is 2.44. The third kappa shape index (κ3) is 4.99. The molecule has 2 N–H and O–H groups in total. The van der Waals surface area contributed by atoms with E-state index in [-0.39, 0.29) is 0 Å². The second-order valence-corrected chi connectivity index (χ2v) is 5.97. The van der Waals surface area contributed by atoms with Gasteiger partial charge in [-0.3, -0.25) is 10.4 Å². The number of anilines is 1. The van der Waals surface area contributed by atoms with Crippen LogP contribution >= 0.6 is 44.1 Å². The normalized spacial score (nSPS) is 10.5. The molecule has 0 atom stereocenters. The third-order valence-electron chi connectivity index (χ3n) is 2.22. The molecule has 7 heteroatoms. The average molecular weight is 414 g/mol. The quantitative estimate of drug-likeness (QED) is 0.454. The largest absolute Gasteiger partial charge is 0.331 e. The van der Waals surface area contributed by atoms with Crippen molar-refractivity contribution in [2.45, 2.75) is 0 Å². The number of rotatable bonds is 3. The highest BCUT2D eigenvalue weighted by atomic mass is 79.9. The first-order valence-corrected chi connectivity index (χ1v) is 7.60. The van der Waals surface area contributed by atoms with Crippen LogP contribution in [0.5, 0.6) is 0 Å². The lowest BCUT2D eigenvalue weighted by Crippen LogP contribution is -2.23. The van der Waals surface area contributed by atoms with Gasteiger partial charge in [0.15, 0.2) is 5.11 Å². The van der Waals surface area contributed by atoms with E-state index in [4.69, 9.17) is 12.2 Å². The minimum absolute atomic E-state index is 0.417. The molecule has 0 fully saturated rings. The van der Waals surface area contributed by atoms with Crippen molar-refractivity contribution >= 4 is 61.1 Å². The summed E-state index contributed by atoms with van der Waals surface area (Å²) in [4.78, 5) is 4.16. The van der Waals surface area contributed by atoms with E-state index in [1.807, 2.05) is 36.4 Å². The number of halogens is 2. The van der Waals surface area contributed by atoms with Crippen LogP contribution in [0.4, 0.5) is 5.69 Å². The summed E-state index contributed by atoms with van der Waals surface area (Å²) in [5.74, 6) is 0. The Morgan fingerprint density at radius 2 is 1.80 bits per heavy atom. The smallest absolute Gasteiger partial charge is 0.191 e. The van der Waals surface area contributed by atoms with Crippen molar-refractivity contribution in [1.29, 1.82) is 0 Å². The van der Waals surface area contributed by atoms with E-state index in [0.717, 1.165) is 20.3 Å². The van der Waals surface area contributed by atoms with Crippen LogP contribution in [0.15, 0.2) is 56.6 Å². The van der Waals surface area contributed by atoms with Crippen LogP contribution < -0.4 is 10.7 Å². The Morgan fingerprint density at radius 1 is 1.10 bits per heavy atom. The van der Waals surface area contributed by atoms with Gasteiger partial charge in [0.05, 0.1) is 11.9 Å². The number of hydrogen-bond donors (Lipinski definition) is 2. The molecule has 0 aliphatic heterocycles. The Kier molecular flexibility index (Phi) is 5.63. The van der Waals surface area contributed by atoms with Gasteiger partial charge in [-0.05, 0) is 64.5 Å². The molecule has 0 unspecified atom stereocenters. The third-order valence-corrected chi connectivity index (χ3v) is 3.41. The number of nitrogens with zero attached hydrogens (tertiary/aromatic N) is 2. The molecule has 0 spiro atoms. The molecule has 0 saturated carbocycles. The van der Waals surface area contributed by atoms with Gasteiger partial charge in [-0.25, -0.2) is 0 Å². The summed E-state index contributed by atoms with van der Waals surface area (Å²) in [5, 5.41) is 7.46. The summed E-state index contributed by atoms with van der Waals surface area (Å²) in [6.07, 6.45) is 3.31. The van der Waals surface area contributed by atoms with Crippen LogP contribution in [-0.2, 0) is 0 Å². The Morgan fingerprint density at radius 3 is 2.45 bits per heavy atom. The first-order valence-electron chi connectivity index (χ1n) is 5.61. The van der Waals surface area contributed by atoms with Crippen molar-refractivity contribution in [3.63, 3.8) is 0 Å². The van der Waals surface area contributed by atoms with Crippen molar-refractivity contribution in [2.75, 3.05) is 5.32 Å². The van der Waals surface area contributed by atoms with Gasteiger partial charge >= 0.3 is 0 Å². The zero-order chi connectivity index (χ0) is 14.4. The summed E-state index contributed by atoms with van der Waals surface area (Å²) in [7, 11) is 0. The van der Waals surface area contributed by atoms with E-state index in [2.05, 4.69) is 52.7 Å². The summed E-state index contributed by atoms with van der Waals surface area (Å²) in [6.45, 7) is 0. The number of benzene rings is 1. The zero-order valence-electron chi connectivity index (χ0n) is 10.2. The predicted molar refractivity (Wildman–Crippen MR) is 93.0 cm³/mol. The standard InChI is InChI=1S/C13H10Br2N4S/c14-9-1-4-11(5-2-9)18-13(20)19-17-8-12-6-3-10(15)7-16-12/h1-8H,(H2,18,19,20)/b17-8+. The van der Waals surface area contributed by atoms with E-state index >= 15 is 0 Å². The van der Waals surface area contributed by atoms with Crippen molar-refractivity contribution in [1.82, 2.24) is 10.4 Å². The first kappa shape index (κ1) is 15.1. The van der Waals surface area contributed by atoms with E-state index in [1.54, 1.807) is 12.4 Å². The number of nitrogens with one attached hydrogen (secondary N) is 2. The highest BCUT2D eigenvalue weighted by Gasteiger charge is 1.96. The Hall–Kier alpha value is -1.31. The molecule has 2 rings (SSSR count). The van der Waals surface area contributed by atoms with Gasteiger partial charge in [-0.2, -0.15) is 5.10 Å². The van der Waals surface area contributed by atoms with Crippen LogP contribution in [-0.4, -0.2) is 16.3 Å². The van der Waals surface area contributed by atoms with E-state index in [0.29, 0.717) is 5.11 Å². The molecular formula is C13H10Br2N4S. The number of hydrazone groups is 1. The van der Waals surface area contributed by atoms with Crippen LogP contribution in [0, 0.1) is 0 Å². The summed E-state index contributed by atoms with van der Waals surface area (Å²) >= 11 is 11.8. The zero-order valence-corrected chi connectivity index (χ0v) is 14.2. The molecule has 102 valence electrons. The van der Waals surface area contributed by atoms with Gasteiger partial charge in [0.2, 0.25) is 0 Å². The SMILES string of the molecule is S=C(N/N=C/c1ccc(Br)cn1)Nc1ccc(Br)cc1. The molecule has 0 saturated heterocycles. The molecule has 0 amide bonds. The maximum Gasteiger partial charge on any atom is 0.191 e. The second kappa shape index (κ2) is 7.47. The van der Waals surface area contributed by atoms with Crippen molar-refractivity contribution < 1.29 is 0 Å². The lowest BCUT2D eigenvalue weighted by atomic mass is 10.3. The van der Waals surface area contributed by atoms with Crippen molar-refractivity contribution in [2.24, 2.45) is 5.10 Å². The highest BCUT2D eigenvalue weighted by Crippen LogP contribution is 2.13. The number of hydrogen-bond acceptors (Lipinski definition) is 3. The minimum atomic E-state index is 0.417. The molecule has 0 radical (unpaired) electrons. The van der Waals surface area contributed by atoms with Gasteiger partial charge < -0.3 is 5.32 Å². The van der Waals surface area contributed by atoms with Gasteiger partial charge in [0, 0.05) is 20.8 Å². The summed E-state index contributed by atoms with van der Waals surface area (Å²) < 4.78 is 1.94. The minimum Gasteiger partial charge on any atom is -0.331 e. The number of aromatic nitrogens is 1. The predicted octanol–water partition coefficient (Wildman–Crippen LogP) is 3.93. The Bertz CT molecular complexity index is 611. The van der Waals surface area contributed by atoms with Crippen LogP contribution in [0.1, 0.15) is 5.69 Å². The van der Waals surface area contributed by atoms with Crippen molar-refractivity contribution in [3.8, 4) is 0 Å². The molecule has 4 nitrogen and oxygen atoms in total. The fourth-order valence-electron chi connectivity index (χ4n) is 1.31. The molecule has 0 bridgehead atoms. The summed E-state index contributed by atoms with van der Waals surface area (Å²) in [5.41, 5.74) is 4.37. The molecule has 0 aliphatic carbocycles. The van der Waals surface area contributed by atoms with Crippen LogP contribution in [0.3, 0.4) is 0 Å².